The summed E-state index contributed by atoms with van der Waals surface area (Å²) >= 11 is 0. The van der Waals surface area contributed by atoms with Crippen molar-refractivity contribution < 1.29 is 19.0 Å². The summed E-state index contributed by atoms with van der Waals surface area (Å²) in [7, 11) is 1.50. The molecule has 1 amide bonds. The second kappa shape index (κ2) is 5.54. The summed E-state index contributed by atoms with van der Waals surface area (Å²) in [5, 5.41) is 2.80. The molecule has 6 heteroatoms. The van der Waals surface area contributed by atoms with E-state index in [2.05, 4.69) is 10.3 Å². The molecule has 6 nitrogen and oxygen atoms in total. The number of rotatable bonds is 4. The standard InChI is InChI=1S/C13H18N2O4/c1-13(2)18-8-9(19-13)6-15-12(16)10-4-5-14-7-11(10)17-3/h4-5,7,9H,6,8H2,1-3H3,(H,15,16). The summed E-state index contributed by atoms with van der Waals surface area (Å²) in [4.78, 5) is 15.9. The Morgan fingerprint density at radius 2 is 2.42 bits per heavy atom. The number of methoxy groups -OCH3 is 1. The molecule has 1 N–H and O–H groups in total. The summed E-state index contributed by atoms with van der Waals surface area (Å²) in [6.45, 7) is 4.57. The Bertz CT molecular complexity index is 462. The first-order valence-corrected chi connectivity index (χ1v) is 6.10. The van der Waals surface area contributed by atoms with E-state index in [9.17, 15) is 4.79 Å². The summed E-state index contributed by atoms with van der Waals surface area (Å²) in [5.41, 5.74) is 0.454. The zero-order valence-electron chi connectivity index (χ0n) is 11.3. The molecule has 0 aliphatic carbocycles. The van der Waals surface area contributed by atoms with Crippen LogP contribution in [0.1, 0.15) is 24.2 Å². The number of nitrogens with one attached hydrogen (secondary N) is 1. The Hall–Kier alpha value is -1.66. The Kier molecular flexibility index (Phi) is 4.01. The number of aromatic nitrogens is 1. The minimum atomic E-state index is -0.580. The maximum absolute atomic E-state index is 12.0. The molecule has 0 aromatic carbocycles. The molecule has 1 aromatic heterocycles. The van der Waals surface area contributed by atoms with Crippen molar-refractivity contribution in [2.24, 2.45) is 0 Å². The van der Waals surface area contributed by atoms with Gasteiger partial charge in [0, 0.05) is 12.7 Å². The minimum absolute atomic E-state index is 0.133. The number of hydrogen-bond donors (Lipinski definition) is 1. The predicted molar refractivity (Wildman–Crippen MR) is 68.0 cm³/mol. The Labute approximate surface area is 112 Å². The molecule has 0 radical (unpaired) electrons. The SMILES string of the molecule is COc1cnccc1C(=O)NCC1COC(C)(C)O1. The Morgan fingerprint density at radius 1 is 1.63 bits per heavy atom. The van der Waals surface area contributed by atoms with Crippen LogP contribution in [0, 0.1) is 0 Å². The van der Waals surface area contributed by atoms with Gasteiger partial charge in [0.2, 0.25) is 0 Å². The van der Waals surface area contributed by atoms with Crippen LogP contribution in [0.25, 0.3) is 0 Å². The molecule has 0 bridgehead atoms. The van der Waals surface area contributed by atoms with Crippen molar-refractivity contribution in [2.75, 3.05) is 20.3 Å². The van der Waals surface area contributed by atoms with E-state index >= 15 is 0 Å². The van der Waals surface area contributed by atoms with Crippen molar-refractivity contribution in [3.8, 4) is 5.75 Å². The van der Waals surface area contributed by atoms with E-state index in [0.717, 1.165) is 0 Å². The average Bonchev–Trinajstić information content (AvgIpc) is 2.75. The highest BCUT2D eigenvalue weighted by atomic mass is 16.7. The zero-order chi connectivity index (χ0) is 13.9. The van der Waals surface area contributed by atoms with Gasteiger partial charge in [-0.15, -0.1) is 0 Å². The van der Waals surface area contributed by atoms with Gasteiger partial charge in [-0.3, -0.25) is 9.78 Å². The van der Waals surface area contributed by atoms with Gasteiger partial charge < -0.3 is 19.5 Å². The fourth-order valence-electron chi connectivity index (χ4n) is 1.90. The molecule has 2 rings (SSSR count). The van der Waals surface area contributed by atoms with E-state index in [-0.39, 0.29) is 12.0 Å². The van der Waals surface area contributed by atoms with Crippen LogP contribution in [0.3, 0.4) is 0 Å². The van der Waals surface area contributed by atoms with Crippen molar-refractivity contribution in [2.45, 2.75) is 25.7 Å². The predicted octanol–water partition coefficient (Wildman–Crippen LogP) is 0.971. The van der Waals surface area contributed by atoms with Crippen molar-refractivity contribution in [3.05, 3.63) is 24.0 Å². The summed E-state index contributed by atoms with van der Waals surface area (Å²) in [6, 6.07) is 1.62. The molecule has 1 aliphatic heterocycles. The van der Waals surface area contributed by atoms with Crippen molar-refractivity contribution in [1.29, 1.82) is 0 Å². The topological polar surface area (TPSA) is 69.7 Å². The highest BCUT2D eigenvalue weighted by Gasteiger charge is 2.32. The summed E-state index contributed by atoms with van der Waals surface area (Å²) in [6.07, 6.45) is 2.93. The fraction of sp³-hybridized carbons (Fsp3) is 0.538. The molecule has 0 spiro atoms. The lowest BCUT2D eigenvalue weighted by atomic mass is 10.2. The highest BCUT2D eigenvalue weighted by molar-refractivity contribution is 5.96. The normalized spacial score (nSPS) is 21.1. The third kappa shape index (κ3) is 3.42. The Morgan fingerprint density at radius 3 is 3.05 bits per heavy atom. The maximum Gasteiger partial charge on any atom is 0.255 e. The van der Waals surface area contributed by atoms with Crippen LogP contribution in [0.4, 0.5) is 0 Å². The lowest BCUT2D eigenvalue weighted by molar-refractivity contribution is -0.137. The molecule has 1 saturated heterocycles. The zero-order valence-corrected chi connectivity index (χ0v) is 11.3. The van der Waals surface area contributed by atoms with Crippen LogP contribution in [0.2, 0.25) is 0 Å². The van der Waals surface area contributed by atoms with Gasteiger partial charge >= 0.3 is 0 Å². The molecule has 1 unspecified atom stereocenters. The monoisotopic (exact) mass is 266 g/mol. The largest absolute Gasteiger partial charge is 0.494 e. The van der Waals surface area contributed by atoms with Crippen LogP contribution in [0.5, 0.6) is 5.75 Å². The minimum Gasteiger partial charge on any atom is -0.494 e. The molecule has 19 heavy (non-hydrogen) atoms. The lowest BCUT2D eigenvalue weighted by Gasteiger charge is -2.17. The molecule has 1 aliphatic rings. The Balaban J connectivity index is 1.91. The van der Waals surface area contributed by atoms with Crippen LogP contribution in [-0.4, -0.2) is 43.0 Å². The van der Waals surface area contributed by atoms with Crippen LogP contribution >= 0.6 is 0 Å². The van der Waals surface area contributed by atoms with Crippen LogP contribution in [0.15, 0.2) is 18.5 Å². The van der Waals surface area contributed by atoms with Crippen molar-refractivity contribution in [3.63, 3.8) is 0 Å². The number of nitrogens with zero attached hydrogens (tertiary/aromatic N) is 1. The summed E-state index contributed by atoms with van der Waals surface area (Å²) in [5.74, 6) is -0.347. The van der Waals surface area contributed by atoms with E-state index < -0.39 is 5.79 Å². The summed E-state index contributed by atoms with van der Waals surface area (Å²) < 4.78 is 16.1. The van der Waals surface area contributed by atoms with Gasteiger partial charge in [0.15, 0.2) is 5.79 Å². The first-order valence-electron chi connectivity index (χ1n) is 6.10. The lowest BCUT2D eigenvalue weighted by Crippen LogP contribution is -2.34. The van der Waals surface area contributed by atoms with E-state index in [0.29, 0.717) is 24.5 Å². The van der Waals surface area contributed by atoms with Gasteiger partial charge in [0.1, 0.15) is 11.9 Å². The third-order valence-electron chi connectivity index (χ3n) is 2.81. The van der Waals surface area contributed by atoms with E-state index in [1.54, 1.807) is 12.3 Å². The van der Waals surface area contributed by atoms with Gasteiger partial charge in [0.25, 0.3) is 5.91 Å². The number of hydrogen-bond acceptors (Lipinski definition) is 5. The number of ether oxygens (including phenoxy) is 3. The first-order chi connectivity index (χ1) is 9.02. The van der Waals surface area contributed by atoms with Gasteiger partial charge in [-0.05, 0) is 19.9 Å². The molecule has 1 fully saturated rings. The van der Waals surface area contributed by atoms with E-state index in [1.807, 2.05) is 13.8 Å². The fourth-order valence-corrected chi connectivity index (χ4v) is 1.90. The number of carbonyl (C=O) groups excluding carboxylic acids is 1. The smallest absolute Gasteiger partial charge is 0.255 e. The second-order valence-corrected chi connectivity index (χ2v) is 4.74. The molecular weight excluding hydrogens is 248 g/mol. The maximum atomic E-state index is 12.0. The number of amides is 1. The molecule has 104 valence electrons. The van der Waals surface area contributed by atoms with Crippen molar-refractivity contribution in [1.82, 2.24) is 10.3 Å². The average molecular weight is 266 g/mol. The second-order valence-electron chi connectivity index (χ2n) is 4.74. The van der Waals surface area contributed by atoms with Gasteiger partial charge in [0.05, 0.1) is 25.5 Å². The van der Waals surface area contributed by atoms with Crippen molar-refractivity contribution >= 4 is 5.91 Å². The molecule has 1 atom stereocenters. The molecule has 2 heterocycles. The van der Waals surface area contributed by atoms with Crippen LogP contribution in [-0.2, 0) is 9.47 Å². The van der Waals surface area contributed by atoms with Crippen LogP contribution < -0.4 is 10.1 Å². The van der Waals surface area contributed by atoms with E-state index in [4.69, 9.17) is 14.2 Å². The number of pyridine rings is 1. The molecular formula is C13H18N2O4. The van der Waals surface area contributed by atoms with Gasteiger partial charge in [-0.1, -0.05) is 0 Å². The molecule has 0 saturated carbocycles. The van der Waals surface area contributed by atoms with E-state index in [1.165, 1.54) is 13.3 Å². The highest BCUT2D eigenvalue weighted by Crippen LogP contribution is 2.22. The quantitative estimate of drug-likeness (QED) is 0.879. The van der Waals surface area contributed by atoms with Gasteiger partial charge in [-0.25, -0.2) is 0 Å². The third-order valence-corrected chi connectivity index (χ3v) is 2.81. The first kappa shape index (κ1) is 13.8. The molecule has 1 aromatic rings. The van der Waals surface area contributed by atoms with Gasteiger partial charge in [-0.2, -0.15) is 0 Å². The number of carbonyl (C=O) groups is 1.